The summed E-state index contributed by atoms with van der Waals surface area (Å²) in [4.78, 5) is 10.9. The summed E-state index contributed by atoms with van der Waals surface area (Å²) in [5, 5.41) is 16.9. The quantitative estimate of drug-likeness (QED) is 0.732. The number of nitrogens with zero attached hydrogens (tertiary/aromatic N) is 2. The zero-order chi connectivity index (χ0) is 16.9. The summed E-state index contributed by atoms with van der Waals surface area (Å²) >= 11 is 0. The summed E-state index contributed by atoms with van der Waals surface area (Å²) in [5.41, 5.74) is 4.56. The first-order valence-corrected chi connectivity index (χ1v) is 7.74. The van der Waals surface area contributed by atoms with Crippen molar-refractivity contribution < 1.29 is 9.90 Å². The van der Waals surface area contributed by atoms with Crippen LogP contribution in [0.4, 0.5) is 0 Å². The van der Waals surface area contributed by atoms with E-state index in [4.69, 9.17) is 5.11 Å². The monoisotopic (exact) mass is 321 g/mol. The topological polar surface area (TPSA) is 67.2 Å². The first kappa shape index (κ1) is 16.0. The fraction of sp³-hybridized carbons (Fsp3) is 0.158. The minimum Gasteiger partial charge on any atom is -0.478 e. The molecule has 2 aromatic carbocycles. The molecular weight excluding hydrogens is 302 g/mol. The van der Waals surface area contributed by atoms with Gasteiger partial charge in [-0.15, -0.1) is 0 Å². The molecule has 1 heterocycles. The largest absolute Gasteiger partial charge is 0.478 e. The zero-order valence-corrected chi connectivity index (χ0v) is 13.4. The van der Waals surface area contributed by atoms with E-state index < -0.39 is 5.97 Å². The lowest BCUT2D eigenvalue weighted by Crippen LogP contribution is -2.13. The molecule has 0 fully saturated rings. The Morgan fingerprint density at radius 3 is 2.46 bits per heavy atom. The molecule has 0 bridgehead atoms. The molecule has 24 heavy (non-hydrogen) atoms. The van der Waals surface area contributed by atoms with Gasteiger partial charge in [0.25, 0.3) is 0 Å². The fourth-order valence-corrected chi connectivity index (χ4v) is 2.61. The smallest absolute Gasteiger partial charge is 0.335 e. The Bertz CT molecular complexity index is 824. The van der Waals surface area contributed by atoms with Gasteiger partial charge >= 0.3 is 5.97 Å². The Hall–Kier alpha value is -2.92. The minimum absolute atomic E-state index is 0.303. The molecule has 0 saturated heterocycles. The Kier molecular flexibility index (Phi) is 4.72. The standard InChI is InChI=1S/C19H19N3O2/c1-22-13-17(18(21-22)15-5-3-2-4-6-15)12-20-11-14-7-9-16(10-8-14)19(23)24/h2-10,13,20H,11-12H2,1H3,(H,23,24). The predicted octanol–water partition coefficient (Wildman–Crippen LogP) is 3.08. The second-order valence-electron chi connectivity index (χ2n) is 5.65. The normalized spacial score (nSPS) is 10.7. The lowest BCUT2D eigenvalue weighted by Gasteiger charge is -2.06. The summed E-state index contributed by atoms with van der Waals surface area (Å²) < 4.78 is 1.82. The van der Waals surface area contributed by atoms with Crippen LogP contribution in [-0.4, -0.2) is 20.9 Å². The van der Waals surface area contributed by atoms with Gasteiger partial charge in [-0.3, -0.25) is 4.68 Å². The third kappa shape index (κ3) is 3.70. The lowest BCUT2D eigenvalue weighted by molar-refractivity contribution is 0.0697. The van der Waals surface area contributed by atoms with Crippen LogP contribution in [0.25, 0.3) is 11.3 Å². The number of hydrogen-bond acceptors (Lipinski definition) is 3. The van der Waals surface area contributed by atoms with Gasteiger partial charge in [0.2, 0.25) is 0 Å². The molecule has 2 N–H and O–H groups in total. The number of aryl methyl sites for hydroxylation is 1. The Balaban J connectivity index is 1.66. The summed E-state index contributed by atoms with van der Waals surface area (Å²) in [6.45, 7) is 1.36. The van der Waals surface area contributed by atoms with Crippen LogP contribution in [0.1, 0.15) is 21.5 Å². The van der Waals surface area contributed by atoms with E-state index in [-0.39, 0.29) is 0 Å². The number of hydrogen-bond donors (Lipinski definition) is 2. The molecule has 3 aromatic rings. The molecule has 1 aromatic heterocycles. The highest BCUT2D eigenvalue weighted by atomic mass is 16.4. The van der Waals surface area contributed by atoms with Crippen LogP contribution in [0, 0.1) is 0 Å². The van der Waals surface area contributed by atoms with Gasteiger partial charge in [0.15, 0.2) is 0 Å². The van der Waals surface area contributed by atoms with Crippen molar-refractivity contribution in [1.82, 2.24) is 15.1 Å². The number of carboxylic acids is 1. The maximum atomic E-state index is 10.9. The van der Waals surface area contributed by atoms with Gasteiger partial charge in [0.1, 0.15) is 0 Å². The van der Waals surface area contributed by atoms with E-state index in [0.717, 1.165) is 22.4 Å². The van der Waals surface area contributed by atoms with E-state index >= 15 is 0 Å². The van der Waals surface area contributed by atoms with E-state index in [0.29, 0.717) is 18.7 Å². The van der Waals surface area contributed by atoms with Crippen molar-refractivity contribution in [3.8, 4) is 11.3 Å². The van der Waals surface area contributed by atoms with Gasteiger partial charge in [-0.05, 0) is 17.7 Å². The van der Waals surface area contributed by atoms with Crippen molar-refractivity contribution in [2.24, 2.45) is 7.05 Å². The molecular formula is C19H19N3O2. The van der Waals surface area contributed by atoms with Crippen molar-refractivity contribution in [3.05, 3.63) is 77.5 Å². The van der Waals surface area contributed by atoms with Gasteiger partial charge in [-0.25, -0.2) is 4.79 Å². The molecule has 5 nitrogen and oxygen atoms in total. The van der Waals surface area contributed by atoms with Crippen molar-refractivity contribution >= 4 is 5.97 Å². The number of rotatable bonds is 6. The Morgan fingerprint density at radius 2 is 1.79 bits per heavy atom. The lowest BCUT2D eigenvalue weighted by atomic mass is 10.1. The number of carboxylic acid groups (broad SMARTS) is 1. The first-order chi connectivity index (χ1) is 11.6. The highest BCUT2D eigenvalue weighted by molar-refractivity contribution is 5.87. The van der Waals surface area contributed by atoms with Crippen LogP contribution in [-0.2, 0) is 20.1 Å². The molecule has 0 aliphatic heterocycles. The van der Waals surface area contributed by atoms with E-state index in [2.05, 4.69) is 22.5 Å². The SMILES string of the molecule is Cn1cc(CNCc2ccc(C(=O)O)cc2)c(-c2ccccc2)n1. The summed E-state index contributed by atoms with van der Waals surface area (Å²) in [6, 6.07) is 17.0. The van der Waals surface area contributed by atoms with Crippen LogP contribution >= 0.6 is 0 Å². The van der Waals surface area contributed by atoms with Crippen LogP contribution in [0.5, 0.6) is 0 Å². The molecule has 0 amide bonds. The maximum absolute atomic E-state index is 10.9. The minimum atomic E-state index is -0.905. The zero-order valence-electron chi connectivity index (χ0n) is 13.4. The molecule has 122 valence electrons. The average Bonchev–Trinajstić information content (AvgIpc) is 2.97. The third-order valence-corrected chi connectivity index (χ3v) is 3.80. The van der Waals surface area contributed by atoms with Gasteiger partial charge in [0.05, 0.1) is 11.3 Å². The number of nitrogens with one attached hydrogen (secondary N) is 1. The molecule has 0 aliphatic carbocycles. The first-order valence-electron chi connectivity index (χ1n) is 7.74. The van der Waals surface area contributed by atoms with E-state index in [9.17, 15) is 4.79 Å². The Labute approximate surface area is 140 Å². The predicted molar refractivity (Wildman–Crippen MR) is 92.6 cm³/mol. The molecule has 0 unspecified atom stereocenters. The molecule has 0 spiro atoms. The van der Waals surface area contributed by atoms with Crippen LogP contribution < -0.4 is 5.32 Å². The molecule has 3 rings (SSSR count). The van der Waals surface area contributed by atoms with Crippen LogP contribution in [0.15, 0.2) is 60.8 Å². The summed E-state index contributed by atoms with van der Waals surface area (Å²) in [5.74, 6) is -0.905. The second kappa shape index (κ2) is 7.10. The van der Waals surface area contributed by atoms with Gasteiger partial charge in [-0.1, -0.05) is 42.5 Å². The summed E-state index contributed by atoms with van der Waals surface area (Å²) in [7, 11) is 1.92. The number of carbonyl (C=O) groups is 1. The molecule has 5 heteroatoms. The second-order valence-corrected chi connectivity index (χ2v) is 5.65. The van der Waals surface area contributed by atoms with Gasteiger partial charge < -0.3 is 10.4 Å². The third-order valence-electron chi connectivity index (χ3n) is 3.80. The van der Waals surface area contributed by atoms with E-state index in [1.54, 1.807) is 12.1 Å². The van der Waals surface area contributed by atoms with E-state index in [1.807, 2.05) is 48.3 Å². The molecule has 0 atom stereocenters. The van der Waals surface area contributed by atoms with E-state index in [1.165, 1.54) is 0 Å². The number of aromatic nitrogens is 2. The van der Waals surface area contributed by atoms with Crippen molar-refractivity contribution in [3.63, 3.8) is 0 Å². The van der Waals surface area contributed by atoms with Gasteiger partial charge in [0, 0.05) is 37.5 Å². The molecule has 0 aliphatic rings. The Morgan fingerprint density at radius 1 is 1.08 bits per heavy atom. The van der Waals surface area contributed by atoms with Crippen molar-refractivity contribution in [2.45, 2.75) is 13.1 Å². The highest BCUT2D eigenvalue weighted by Gasteiger charge is 2.09. The van der Waals surface area contributed by atoms with Crippen LogP contribution in [0.2, 0.25) is 0 Å². The highest BCUT2D eigenvalue weighted by Crippen LogP contribution is 2.21. The fourth-order valence-electron chi connectivity index (χ4n) is 2.61. The van der Waals surface area contributed by atoms with Gasteiger partial charge in [-0.2, -0.15) is 5.10 Å². The van der Waals surface area contributed by atoms with Crippen LogP contribution in [0.3, 0.4) is 0 Å². The average molecular weight is 321 g/mol. The maximum Gasteiger partial charge on any atom is 0.335 e. The summed E-state index contributed by atoms with van der Waals surface area (Å²) in [6.07, 6.45) is 2.02. The number of aromatic carboxylic acids is 1. The number of benzene rings is 2. The van der Waals surface area contributed by atoms with Crippen molar-refractivity contribution in [1.29, 1.82) is 0 Å². The molecule has 0 saturated carbocycles. The van der Waals surface area contributed by atoms with Crippen molar-refractivity contribution in [2.75, 3.05) is 0 Å². The molecule has 0 radical (unpaired) electrons.